The average molecular weight is 342 g/mol. The second kappa shape index (κ2) is 6.51. The molecule has 0 aliphatic carbocycles. The van der Waals surface area contributed by atoms with Crippen LogP contribution < -0.4 is 15.4 Å². The Morgan fingerprint density at radius 1 is 1.32 bits per heavy atom. The van der Waals surface area contributed by atoms with E-state index in [0.29, 0.717) is 5.82 Å². The number of aromatic nitrogens is 2. The number of hydrogen-bond acceptors (Lipinski definition) is 4. The van der Waals surface area contributed by atoms with Crippen molar-refractivity contribution in [2.24, 2.45) is 7.05 Å². The first-order valence-corrected chi connectivity index (χ1v) is 8.04. The third kappa shape index (κ3) is 3.31. The van der Waals surface area contributed by atoms with Gasteiger partial charge >= 0.3 is 6.03 Å². The molecule has 0 aliphatic heterocycles. The lowest BCUT2D eigenvalue weighted by Crippen LogP contribution is -2.31. The van der Waals surface area contributed by atoms with Gasteiger partial charge in [0.2, 0.25) is 0 Å². The molecule has 132 valence electrons. The molecule has 7 heteroatoms. The van der Waals surface area contributed by atoms with E-state index >= 15 is 0 Å². The first-order valence-electron chi connectivity index (χ1n) is 8.04. The first kappa shape index (κ1) is 16.9. The monoisotopic (exact) mass is 342 g/mol. The summed E-state index contributed by atoms with van der Waals surface area (Å²) in [6.45, 7) is 5.73. The van der Waals surface area contributed by atoms with Crippen LogP contribution in [0.5, 0.6) is 5.75 Å². The van der Waals surface area contributed by atoms with Crippen molar-refractivity contribution in [2.75, 3.05) is 12.4 Å². The van der Waals surface area contributed by atoms with Gasteiger partial charge in [0.05, 0.1) is 18.8 Å². The fraction of sp³-hybridized carbons (Fsp3) is 0.333. The highest BCUT2D eigenvalue weighted by Crippen LogP contribution is 2.31. The molecule has 2 heterocycles. The Labute approximate surface area is 146 Å². The van der Waals surface area contributed by atoms with Gasteiger partial charge in [-0.2, -0.15) is 5.10 Å². The van der Waals surface area contributed by atoms with Gasteiger partial charge in [-0.3, -0.25) is 10.00 Å². The molecule has 7 nitrogen and oxygen atoms in total. The normalized spacial score (nSPS) is 12.2. The van der Waals surface area contributed by atoms with Crippen LogP contribution in [0.25, 0.3) is 11.0 Å². The van der Waals surface area contributed by atoms with E-state index in [1.54, 1.807) is 18.8 Å². The van der Waals surface area contributed by atoms with Crippen LogP contribution in [0.15, 0.2) is 28.7 Å². The van der Waals surface area contributed by atoms with Crippen molar-refractivity contribution in [3.8, 4) is 5.75 Å². The number of fused-ring (bicyclic) bond motifs is 1. The summed E-state index contributed by atoms with van der Waals surface area (Å²) in [5.74, 6) is 2.13. The van der Waals surface area contributed by atoms with E-state index in [4.69, 9.17) is 9.15 Å². The highest BCUT2D eigenvalue weighted by molar-refractivity contribution is 5.89. The van der Waals surface area contributed by atoms with Crippen molar-refractivity contribution in [3.63, 3.8) is 0 Å². The Morgan fingerprint density at radius 2 is 2.08 bits per heavy atom. The zero-order chi connectivity index (χ0) is 18.1. The summed E-state index contributed by atoms with van der Waals surface area (Å²) in [5.41, 5.74) is 2.59. The van der Waals surface area contributed by atoms with E-state index in [1.165, 1.54) is 0 Å². The standard InChI is InChI=1S/C18H22N4O3/c1-10-8-16(22(4)21-10)20-18(23)19-12(3)17-11(2)14-9-13(24-5)6-7-15(14)25-17/h6-9,12H,1-5H3,(H2,19,20,23)/t12-/m1/s1. The molecule has 1 aromatic carbocycles. The summed E-state index contributed by atoms with van der Waals surface area (Å²) in [7, 11) is 3.41. The van der Waals surface area contributed by atoms with Crippen molar-refractivity contribution in [1.29, 1.82) is 0 Å². The van der Waals surface area contributed by atoms with Gasteiger partial charge in [0.25, 0.3) is 0 Å². The third-order valence-corrected chi connectivity index (χ3v) is 4.16. The summed E-state index contributed by atoms with van der Waals surface area (Å²) in [4.78, 5) is 12.3. The van der Waals surface area contributed by atoms with Crippen LogP contribution in [0, 0.1) is 13.8 Å². The van der Waals surface area contributed by atoms with E-state index in [1.807, 2.05) is 45.0 Å². The van der Waals surface area contributed by atoms with Crippen molar-refractivity contribution in [2.45, 2.75) is 26.8 Å². The number of carbonyl (C=O) groups excluding carboxylic acids is 1. The van der Waals surface area contributed by atoms with Crippen LogP contribution >= 0.6 is 0 Å². The van der Waals surface area contributed by atoms with E-state index < -0.39 is 0 Å². The SMILES string of the molecule is COc1ccc2oc([C@@H](C)NC(=O)Nc3cc(C)nn3C)c(C)c2c1. The molecular weight excluding hydrogens is 320 g/mol. The molecule has 0 bridgehead atoms. The summed E-state index contributed by atoms with van der Waals surface area (Å²) >= 11 is 0. The van der Waals surface area contributed by atoms with Gasteiger partial charge in [-0.1, -0.05) is 0 Å². The molecule has 0 unspecified atom stereocenters. The summed E-state index contributed by atoms with van der Waals surface area (Å²) in [6, 6.07) is 6.87. The van der Waals surface area contributed by atoms with Crippen molar-refractivity contribution in [3.05, 3.63) is 41.3 Å². The van der Waals surface area contributed by atoms with Crippen LogP contribution in [0.4, 0.5) is 10.6 Å². The molecule has 0 aliphatic rings. The highest BCUT2D eigenvalue weighted by Gasteiger charge is 2.19. The lowest BCUT2D eigenvalue weighted by Gasteiger charge is -2.13. The average Bonchev–Trinajstić information content (AvgIpc) is 3.06. The van der Waals surface area contributed by atoms with Crippen LogP contribution in [0.2, 0.25) is 0 Å². The molecule has 3 rings (SSSR count). The first-order chi connectivity index (χ1) is 11.9. The van der Waals surface area contributed by atoms with Crippen LogP contribution in [-0.4, -0.2) is 22.9 Å². The number of hydrogen-bond donors (Lipinski definition) is 2. The molecule has 3 aromatic rings. The maximum absolute atomic E-state index is 12.3. The Kier molecular flexibility index (Phi) is 4.39. The third-order valence-electron chi connectivity index (χ3n) is 4.16. The number of aryl methyl sites for hydroxylation is 3. The lowest BCUT2D eigenvalue weighted by molar-refractivity contribution is 0.247. The molecule has 0 saturated heterocycles. The van der Waals surface area contributed by atoms with Gasteiger partial charge in [-0.25, -0.2) is 4.79 Å². The number of rotatable bonds is 4. The molecule has 0 fully saturated rings. The Morgan fingerprint density at radius 3 is 2.72 bits per heavy atom. The molecule has 2 amide bonds. The second-order valence-corrected chi connectivity index (χ2v) is 6.07. The molecule has 25 heavy (non-hydrogen) atoms. The Bertz CT molecular complexity index is 926. The molecule has 0 saturated carbocycles. The van der Waals surface area contributed by atoms with Gasteiger partial charge in [-0.15, -0.1) is 0 Å². The molecule has 0 spiro atoms. The van der Waals surface area contributed by atoms with Gasteiger partial charge < -0.3 is 14.5 Å². The van der Waals surface area contributed by atoms with Crippen LogP contribution in [0.3, 0.4) is 0 Å². The number of carbonyl (C=O) groups is 1. The molecule has 0 radical (unpaired) electrons. The molecular formula is C18H22N4O3. The lowest BCUT2D eigenvalue weighted by atomic mass is 10.1. The predicted molar refractivity (Wildman–Crippen MR) is 96.0 cm³/mol. The minimum atomic E-state index is -0.312. The Hall–Kier alpha value is -2.96. The Balaban J connectivity index is 1.77. The molecule has 1 atom stereocenters. The minimum Gasteiger partial charge on any atom is -0.497 e. The van der Waals surface area contributed by atoms with Crippen molar-refractivity contribution >= 4 is 22.8 Å². The van der Waals surface area contributed by atoms with Gasteiger partial charge in [0, 0.05) is 24.1 Å². The van der Waals surface area contributed by atoms with Gasteiger partial charge in [0.1, 0.15) is 22.9 Å². The second-order valence-electron chi connectivity index (χ2n) is 6.07. The summed E-state index contributed by atoms with van der Waals surface area (Å²) in [5, 5.41) is 10.9. The summed E-state index contributed by atoms with van der Waals surface area (Å²) in [6.07, 6.45) is 0. The van der Waals surface area contributed by atoms with Gasteiger partial charge in [0.15, 0.2) is 0 Å². The number of anilines is 1. The fourth-order valence-corrected chi connectivity index (χ4v) is 2.90. The zero-order valence-electron chi connectivity index (χ0n) is 15.0. The van der Waals surface area contributed by atoms with E-state index in [0.717, 1.165) is 33.7 Å². The summed E-state index contributed by atoms with van der Waals surface area (Å²) < 4.78 is 12.8. The smallest absolute Gasteiger partial charge is 0.320 e. The number of urea groups is 1. The number of amides is 2. The van der Waals surface area contributed by atoms with E-state index in [2.05, 4.69) is 15.7 Å². The number of nitrogens with one attached hydrogen (secondary N) is 2. The number of nitrogens with zero attached hydrogens (tertiary/aromatic N) is 2. The number of ether oxygens (including phenoxy) is 1. The largest absolute Gasteiger partial charge is 0.497 e. The topological polar surface area (TPSA) is 81.3 Å². The van der Waals surface area contributed by atoms with Crippen LogP contribution in [0.1, 0.15) is 30.0 Å². The maximum atomic E-state index is 12.3. The number of benzene rings is 1. The minimum absolute atomic E-state index is 0.285. The van der Waals surface area contributed by atoms with Crippen LogP contribution in [-0.2, 0) is 7.05 Å². The maximum Gasteiger partial charge on any atom is 0.320 e. The highest BCUT2D eigenvalue weighted by atomic mass is 16.5. The van der Waals surface area contributed by atoms with Crippen molar-refractivity contribution in [1.82, 2.24) is 15.1 Å². The fourth-order valence-electron chi connectivity index (χ4n) is 2.90. The molecule has 2 aromatic heterocycles. The number of methoxy groups -OCH3 is 1. The van der Waals surface area contributed by atoms with Gasteiger partial charge in [-0.05, 0) is 39.0 Å². The van der Waals surface area contributed by atoms with E-state index in [9.17, 15) is 4.79 Å². The van der Waals surface area contributed by atoms with E-state index in [-0.39, 0.29) is 12.1 Å². The van der Waals surface area contributed by atoms with Crippen molar-refractivity contribution < 1.29 is 13.9 Å². The quantitative estimate of drug-likeness (QED) is 0.758. The predicted octanol–water partition coefficient (Wildman–Crippen LogP) is 3.67. The molecule has 2 N–H and O–H groups in total. The number of furan rings is 1. The zero-order valence-corrected chi connectivity index (χ0v) is 15.0.